The van der Waals surface area contributed by atoms with Crippen LogP contribution in [0.1, 0.15) is 35.6 Å². The van der Waals surface area contributed by atoms with Crippen molar-refractivity contribution in [3.63, 3.8) is 0 Å². The van der Waals surface area contributed by atoms with Crippen molar-refractivity contribution in [1.29, 1.82) is 5.26 Å². The Kier molecular flexibility index (Phi) is 7.14. The van der Waals surface area contributed by atoms with E-state index in [1.165, 1.54) is 4.31 Å². The maximum absolute atomic E-state index is 14.4. The molecule has 3 aliphatic heterocycles. The van der Waals surface area contributed by atoms with Gasteiger partial charge in [-0.25, -0.2) is 4.98 Å². The standard InChI is InChI=1S/C34H34N6O4S/c1-4-44-32-9-7-28(43-3)17-30(32)34(39-21-26-16-27(39)20-38(26)25-11-13-36-14-12-25)22-40(31-8-6-24(18-35)15-29(31)34)45(41,42)33-10-5-23(2)19-37-33/h5-15,17,19,26-27H,4,16,20-22H2,1-3H3/t26-,27-,34?/m0/s1. The Morgan fingerprint density at radius 3 is 2.51 bits per heavy atom. The van der Waals surface area contributed by atoms with Gasteiger partial charge in [0.2, 0.25) is 0 Å². The van der Waals surface area contributed by atoms with Crippen LogP contribution in [0.15, 0.2) is 84.3 Å². The third-order valence-electron chi connectivity index (χ3n) is 9.31. The fourth-order valence-corrected chi connectivity index (χ4v) is 8.75. The quantitative estimate of drug-likeness (QED) is 0.281. The van der Waals surface area contributed by atoms with E-state index < -0.39 is 15.6 Å². The average molecular weight is 623 g/mol. The minimum Gasteiger partial charge on any atom is -0.497 e. The zero-order chi connectivity index (χ0) is 31.3. The molecule has 4 aromatic rings. The van der Waals surface area contributed by atoms with E-state index in [1.807, 2.05) is 62.6 Å². The Bertz CT molecular complexity index is 1900. The summed E-state index contributed by atoms with van der Waals surface area (Å²) in [7, 11) is -2.46. The molecule has 0 spiro atoms. The highest BCUT2D eigenvalue weighted by Crippen LogP contribution is 2.55. The summed E-state index contributed by atoms with van der Waals surface area (Å²) < 4.78 is 42.3. The van der Waals surface area contributed by atoms with Gasteiger partial charge < -0.3 is 14.4 Å². The van der Waals surface area contributed by atoms with E-state index in [2.05, 4.69) is 25.8 Å². The van der Waals surface area contributed by atoms with Crippen molar-refractivity contribution in [3.8, 4) is 17.6 Å². The lowest BCUT2D eigenvalue weighted by atomic mass is 9.80. The second-order valence-electron chi connectivity index (χ2n) is 11.7. The number of sulfonamides is 1. The molecule has 0 aliphatic carbocycles. The van der Waals surface area contributed by atoms with Crippen molar-refractivity contribution in [2.24, 2.45) is 0 Å². The molecule has 0 radical (unpaired) electrons. The molecule has 2 fully saturated rings. The molecule has 230 valence electrons. The summed E-state index contributed by atoms with van der Waals surface area (Å²) in [4.78, 5) is 13.4. The molecule has 2 aromatic carbocycles. The number of benzene rings is 2. The van der Waals surface area contributed by atoms with Crippen LogP contribution >= 0.6 is 0 Å². The van der Waals surface area contributed by atoms with Crippen LogP contribution in [0.2, 0.25) is 0 Å². The second-order valence-corrected chi connectivity index (χ2v) is 13.5. The summed E-state index contributed by atoms with van der Waals surface area (Å²) in [6.45, 7) is 5.77. The van der Waals surface area contributed by atoms with Crippen LogP contribution < -0.4 is 18.7 Å². The summed E-state index contributed by atoms with van der Waals surface area (Å²) in [6.07, 6.45) is 6.10. The molecule has 11 heteroatoms. The van der Waals surface area contributed by atoms with Gasteiger partial charge in [0.15, 0.2) is 5.03 Å². The molecule has 2 aromatic heterocycles. The first-order valence-electron chi connectivity index (χ1n) is 15.0. The van der Waals surface area contributed by atoms with Crippen molar-refractivity contribution in [2.75, 3.05) is 42.6 Å². The Labute approximate surface area is 263 Å². The number of fused-ring (bicyclic) bond motifs is 3. The number of methoxy groups -OCH3 is 1. The van der Waals surface area contributed by atoms with Crippen LogP contribution in [0.3, 0.4) is 0 Å². The molecule has 0 amide bonds. The van der Waals surface area contributed by atoms with Crippen LogP contribution in [0.25, 0.3) is 0 Å². The van der Waals surface area contributed by atoms with E-state index >= 15 is 0 Å². The molecule has 0 N–H and O–H groups in total. The number of hydrogen-bond acceptors (Lipinski definition) is 9. The maximum Gasteiger partial charge on any atom is 0.281 e. The molecule has 10 nitrogen and oxygen atoms in total. The molecular weight excluding hydrogens is 588 g/mol. The average Bonchev–Trinajstić information content (AvgIpc) is 3.78. The number of aromatic nitrogens is 2. The Morgan fingerprint density at radius 1 is 1.02 bits per heavy atom. The number of hydrogen-bond donors (Lipinski definition) is 0. The lowest BCUT2D eigenvalue weighted by Gasteiger charge is -2.47. The van der Waals surface area contributed by atoms with Gasteiger partial charge in [0, 0.05) is 60.6 Å². The van der Waals surface area contributed by atoms with Crippen LogP contribution in [-0.2, 0) is 15.6 Å². The van der Waals surface area contributed by atoms with Gasteiger partial charge in [0.25, 0.3) is 10.0 Å². The lowest BCUT2D eigenvalue weighted by molar-refractivity contribution is 0.109. The van der Waals surface area contributed by atoms with Crippen LogP contribution in [0.5, 0.6) is 11.5 Å². The van der Waals surface area contributed by atoms with Gasteiger partial charge in [0.1, 0.15) is 11.5 Å². The number of likely N-dealkylation sites (tertiary alicyclic amines) is 1. The van der Waals surface area contributed by atoms with Gasteiger partial charge in [-0.05, 0) is 80.4 Å². The first-order valence-corrected chi connectivity index (χ1v) is 16.5. The van der Waals surface area contributed by atoms with Gasteiger partial charge in [-0.3, -0.25) is 14.2 Å². The number of rotatable bonds is 8. The number of piperazine rings is 1. The molecule has 1 unspecified atom stereocenters. The summed E-state index contributed by atoms with van der Waals surface area (Å²) in [5, 5.41) is 10.0. The van der Waals surface area contributed by atoms with Crippen molar-refractivity contribution in [1.82, 2.24) is 14.9 Å². The van der Waals surface area contributed by atoms with E-state index in [4.69, 9.17) is 9.47 Å². The molecule has 2 bridgehead atoms. The zero-order valence-corrected chi connectivity index (χ0v) is 26.2. The fraction of sp³-hybridized carbons (Fsp3) is 0.324. The van der Waals surface area contributed by atoms with Crippen molar-refractivity contribution < 1.29 is 17.9 Å². The highest BCUT2D eigenvalue weighted by atomic mass is 32.2. The normalized spacial score (nSPS) is 22.4. The SMILES string of the molecule is CCOc1ccc(OC)cc1C1(N2C[C@@H]3C[C@H]2CN3c2ccncc2)CN(S(=O)(=O)c2ccc(C)cn2)c2ccc(C#N)cc21. The van der Waals surface area contributed by atoms with E-state index in [1.54, 1.807) is 37.6 Å². The maximum atomic E-state index is 14.4. The third-order valence-corrected chi connectivity index (χ3v) is 11.0. The Balaban J connectivity index is 1.45. The predicted octanol–water partition coefficient (Wildman–Crippen LogP) is 4.48. The molecular formula is C34H34N6O4S. The van der Waals surface area contributed by atoms with Crippen molar-refractivity contribution in [3.05, 3.63) is 102 Å². The lowest BCUT2D eigenvalue weighted by Crippen LogP contribution is -2.58. The van der Waals surface area contributed by atoms with E-state index in [0.717, 1.165) is 35.3 Å². The highest BCUT2D eigenvalue weighted by molar-refractivity contribution is 7.92. The number of nitrogens with zero attached hydrogens (tertiary/aromatic N) is 6. The number of pyridine rings is 2. The molecule has 45 heavy (non-hydrogen) atoms. The molecule has 0 saturated carbocycles. The third kappa shape index (κ3) is 4.59. The Morgan fingerprint density at radius 2 is 1.84 bits per heavy atom. The number of ether oxygens (including phenoxy) is 2. The summed E-state index contributed by atoms with van der Waals surface area (Å²) in [5.41, 5.74) is 3.53. The minimum atomic E-state index is -4.08. The molecule has 7 rings (SSSR count). The number of anilines is 2. The van der Waals surface area contributed by atoms with E-state index in [-0.39, 0.29) is 23.7 Å². The second kappa shape index (κ2) is 11.1. The topological polar surface area (TPSA) is 112 Å². The van der Waals surface area contributed by atoms with Gasteiger partial charge in [-0.1, -0.05) is 6.07 Å². The molecule has 3 atom stereocenters. The minimum absolute atomic E-state index is 0.0262. The first kappa shape index (κ1) is 29.1. The summed E-state index contributed by atoms with van der Waals surface area (Å²) >= 11 is 0. The fourth-order valence-electron chi connectivity index (χ4n) is 7.32. The van der Waals surface area contributed by atoms with Gasteiger partial charge in [-0.2, -0.15) is 13.7 Å². The number of aryl methyl sites for hydroxylation is 1. The zero-order valence-electron chi connectivity index (χ0n) is 25.4. The molecule has 2 saturated heterocycles. The predicted molar refractivity (Wildman–Crippen MR) is 170 cm³/mol. The van der Waals surface area contributed by atoms with Gasteiger partial charge in [-0.15, -0.1) is 0 Å². The van der Waals surface area contributed by atoms with Gasteiger partial charge >= 0.3 is 0 Å². The van der Waals surface area contributed by atoms with E-state index in [0.29, 0.717) is 35.9 Å². The molecule has 3 aliphatic rings. The summed E-state index contributed by atoms with van der Waals surface area (Å²) in [6, 6.07) is 20.9. The first-order chi connectivity index (χ1) is 21.8. The van der Waals surface area contributed by atoms with Crippen molar-refractivity contribution in [2.45, 2.75) is 42.9 Å². The number of nitriles is 1. The Hall–Kier alpha value is -4.66. The van der Waals surface area contributed by atoms with E-state index in [9.17, 15) is 13.7 Å². The van der Waals surface area contributed by atoms with Crippen molar-refractivity contribution >= 4 is 21.4 Å². The molecule has 5 heterocycles. The monoisotopic (exact) mass is 622 g/mol. The van der Waals surface area contributed by atoms with Crippen LogP contribution in [-0.4, -0.2) is 68.7 Å². The largest absolute Gasteiger partial charge is 0.497 e. The van der Waals surface area contributed by atoms with Crippen LogP contribution in [0, 0.1) is 18.3 Å². The smallest absolute Gasteiger partial charge is 0.281 e. The van der Waals surface area contributed by atoms with Gasteiger partial charge in [0.05, 0.1) is 43.1 Å². The highest BCUT2D eigenvalue weighted by Gasteiger charge is 2.59. The summed E-state index contributed by atoms with van der Waals surface area (Å²) in [5.74, 6) is 1.28. The van der Waals surface area contributed by atoms with Crippen LogP contribution in [0.4, 0.5) is 11.4 Å².